The van der Waals surface area contributed by atoms with E-state index in [1.165, 1.54) is 16.5 Å². The molecule has 2 aliphatic rings. The van der Waals surface area contributed by atoms with E-state index in [0.29, 0.717) is 12.0 Å². The van der Waals surface area contributed by atoms with E-state index in [1.807, 2.05) is 11.0 Å². The van der Waals surface area contributed by atoms with E-state index in [-0.39, 0.29) is 6.03 Å². The normalized spacial score (nSPS) is 22.4. The van der Waals surface area contributed by atoms with Gasteiger partial charge in [0, 0.05) is 42.1 Å². The quantitative estimate of drug-likeness (QED) is 0.865. The van der Waals surface area contributed by atoms with Crippen molar-refractivity contribution >= 4 is 16.9 Å². The molecule has 4 nitrogen and oxygen atoms in total. The third-order valence-electron chi connectivity index (χ3n) is 4.44. The fourth-order valence-electron chi connectivity index (χ4n) is 3.12. The van der Waals surface area contributed by atoms with Crippen LogP contribution >= 0.6 is 0 Å². The van der Waals surface area contributed by atoms with Gasteiger partial charge in [-0.1, -0.05) is 18.2 Å². The Morgan fingerprint density at radius 2 is 2.10 bits per heavy atom. The van der Waals surface area contributed by atoms with Gasteiger partial charge < -0.3 is 15.2 Å². The number of H-pyrrole nitrogens is 1. The largest absolute Gasteiger partial charge is 0.361 e. The molecule has 2 N–H and O–H groups in total. The Balaban J connectivity index is 1.51. The third-order valence-corrected chi connectivity index (χ3v) is 4.44. The van der Waals surface area contributed by atoms with E-state index in [0.717, 1.165) is 32.4 Å². The van der Waals surface area contributed by atoms with Crippen LogP contribution in [0.15, 0.2) is 30.5 Å². The number of para-hydroxylation sites is 1. The summed E-state index contributed by atoms with van der Waals surface area (Å²) in [4.78, 5) is 17.4. The van der Waals surface area contributed by atoms with Gasteiger partial charge in [-0.3, -0.25) is 0 Å². The molecule has 1 aromatic carbocycles. The maximum absolute atomic E-state index is 12.1. The van der Waals surface area contributed by atoms with Crippen molar-refractivity contribution < 1.29 is 4.79 Å². The number of rotatable bonds is 2. The minimum absolute atomic E-state index is 0.120. The number of amides is 2. The van der Waals surface area contributed by atoms with E-state index in [9.17, 15) is 4.79 Å². The third kappa shape index (κ3) is 2.05. The number of likely N-dealkylation sites (tertiary alicyclic amines) is 1. The van der Waals surface area contributed by atoms with E-state index in [1.54, 1.807) is 0 Å². The summed E-state index contributed by atoms with van der Waals surface area (Å²) in [5, 5.41) is 4.37. The molecule has 104 valence electrons. The van der Waals surface area contributed by atoms with Crippen molar-refractivity contribution in [1.29, 1.82) is 0 Å². The summed E-state index contributed by atoms with van der Waals surface area (Å²) in [5.41, 5.74) is 2.53. The average Bonchev–Trinajstić information content (AvgIpc) is 3.01. The molecule has 1 unspecified atom stereocenters. The van der Waals surface area contributed by atoms with Gasteiger partial charge in [0.25, 0.3) is 0 Å². The highest BCUT2D eigenvalue weighted by Crippen LogP contribution is 2.32. The SMILES string of the molecule is O=C(NC1CC1)N1CCC(c2c[nH]c3ccccc23)C1. The van der Waals surface area contributed by atoms with E-state index in [2.05, 4.69) is 34.7 Å². The van der Waals surface area contributed by atoms with Crippen molar-refractivity contribution in [1.82, 2.24) is 15.2 Å². The van der Waals surface area contributed by atoms with Gasteiger partial charge in [0.1, 0.15) is 0 Å². The zero-order valence-electron chi connectivity index (χ0n) is 11.4. The molecule has 2 aromatic rings. The van der Waals surface area contributed by atoms with Gasteiger partial charge >= 0.3 is 6.03 Å². The molecule has 20 heavy (non-hydrogen) atoms. The van der Waals surface area contributed by atoms with E-state index in [4.69, 9.17) is 0 Å². The molecule has 2 amide bonds. The Morgan fingerprint density at radius 1 is 1.25 bits per heavy atom. The summed E-state index contributed by atoms with van der Waals surface area (Å²) >= 11 is 0. The number of carbonyl (C=O) groups excluding carboxylic acids is 1. The van der Waals surface area contributed by atoms with Crippen LogP contribution in [0, 0.1) is 0 Å². The van der Waals surface area contributed by atoms with E-state index < -0.39 is 0 Å². The van der Waals surface area contributed by atoms with Crippen LogP contribution in [0.1, 0.15) is 30.7 Å². The standard InChI is InChI=1S/C16H19N3O/c20-16(18-12-5-6-12)19-8-7-11(10-19)14-9-17-15-4-2-1-3-13(14)15/h1-4,9,11-12,17H,5-8,10H2,(H,18,20). The first-order valence-electron chi connectivity index (χ1n) is 7.43. The second-order valence-electron chi connectivity index (χ2n) is 5.94. The first-order valence-corrected chi connectivity index (χ1v) is 7.43. The second kappa shape index (κ2) is 4.54. The lowest BCUT2D eigenvalue weighted by Crippen LogP contribution is -2.39. The van der Waals surface area contributed by atoms with Gasteiger partial charge in [0.05, 0.1) is 0 Å². The number of nitrogens with zero attached hydrogens (tertiary/aromatic N) is 1. The van der Waals surface area contributed by atoms with Crippen LogP contribution in [0.3, 0.4) is 0 Å². The molecule has 0 spiro atoms. The zero-order valence-corrected chi connectivity index (χ0v) is 11.4. The van der Waals surface area contributed by atoms with Gasteiger partial charge in [0.15, 0.2) is 0 Å². The lowest BCUT2D eigenvalue weighted by Gasteiger charge is -2.17. The fourth-order valence-corrected chi connectivity index (χ4v) is 3.12. The van der Waals surface area contributed by atoms with Gasteiger partial charge in [-0.05, 0) is 30.9 Å². The molecule has 1 aliphatic heterocycles. The molecule has 2 fully saturated rings. The minimum Gasteiger partial charge on any atom is -0.361 e. The van der Waals surface area contributed by atoms with Gasteiger partial charge in [-0.2, -0.15) is 0 Å². The smallest absolute Gasteiger partial charge is 0.317 e. The number of hydrogen-bond donors (Lipinski definition) is 2. The van der Waals surface area contributed by atoms with Crippen LogP contribution in [0.25, 0.3) is 10.9 Å². The maximum Gasteiger partial charge on any atom is 0.317 e. The molecule has 0 radical (unpaired) electrons. The highest BCUT2D eigenvalue weighted by Gasteiger charge is 2.31. The monoisotopic (exact) mass is 269 g/mol. The van der Waals surface area contributed by atoms with Crippen molar-refractivity contribution in [2.45, 2.75) is 31.2 Å². The summed E-state index contributed by atoms with van der Waals surface area (Å²) in [6.07, 6.45) is 5.45. The number of hydrogen-bond acceptors (Lipinski definition) is 1. The predicted molar refractivity (Wildman–Crippen MR) is 78.8 cm³/mol. The number of carbonyl (C=O) groups is 1. The van der Waals surface area contributed by atoms with Crippen molar-refractivity contribution in [2.75, 3.05) is 13.1 Å². The molecule has 0 bridgehead atoms. The Kier molecular flexibility index (Phi) is 2.69. The lowest BCUT2D eigenvalue weighted by atomic mass is 9.98. The summed E-state index contributed by atoms with van der Waals surface area (Å²) in [6, 6.07) is 8.95. The molecule has 1 saturated heterocycles. The number of nitrogens with one attached hydrogen (secondary N) is 2. The Labute approximate surface area is 118 Å². The van der Waals surface area contributed by atoms with Crippen LogP contribution in [-0.4, -0.2) is 35.0 Å². The molecular formula is C16H19N3O. The number of benzene rings is 1. The molecule has 1 saturated carbocycles. The van der Waals surface area contributed by atoms with Crippen LogP contribution in [0.2, 0.25) is 0 Å². The molecular weight excluding hydrogens is 250 g/mol. The highest BCUT2D eigenvalue weighted by atomic mass is 16.2. The summed E-state index contributed by atoms with van der Waals surface area (Å²) in [6.45, 7) is 1.70. The number of fused-ring (bicyclic) bond motifs is 1. The van der Waals surface area contributed by atoms with Crippen molar-refractivity contribution in [3.63, 3.8) is 0 Å². The summed E-state index contributed by atoms with van der Waals surface area (Å²) in [7, 11) is 0. The maximum atomic E-state index is 12.1. The van der Waals surface area contributed by atoms with Crippen molar-refractivity contribution in [2.24, 2.45) is 0 Å². The molecule has 4 heteroatoms. The topological polar surface area (TPSA) is 48.1 Å². The van der Waals surface area contributed by atoms with Crippen molar-refractivity contribution in [3.05, 3.63) is 36.0 Å². The van der Waals surface area contributed by atoms with Crippen LogP contribution < -0.4 is 5.32 Å². The Morgan fingerprint density at radius 3 is 2.95 bits per heavy atom. The Hall–Kier alpha value is -1.97. The number of aromatic amines is 1. The first kappa shape index (κ1) is 11.8. The number of urea groups is 1. The first-order chi connectivity index (χ1) is 9.81. The second-order valence-corrected chi connectivity index (χ2v) is 5.94. The minimum atomic E-state index is 0.120. The van der Waals surface area contributed by atoms with Crippen LogP contribution in [0.4, 0.5) is 4.79 Å². The van der Waals surface area contributed by atoms with E-state index >= 15 is 0 Å². The number of aromatic nitrogens is 1. The summed E-state index contributed by atoms with van der Waals surface area (Å²) < 4.78 is 0. The average molecular weight is 269 g/mol. The molecule has 2 heterocycles. The molecule has 1 aromatic heterocycles. The van der Waals surface area contributed by atoms with Crippen molar-refractivity contribution in [3.8, 4) is 0 Å². The summed E-state index contributed by atoms with van der Waals surface area (Å²) in [5.74, 6) is 0.455. The van der Waals surface area contributed by atoms with Gasteiger partial charge in [0.2, 0.25) is 0 Å². The molecule has 1 atom stereocenters. The lowest BCUT2D eigenvalue weighted by molar-refractivity contribution is 0.208. The zero-order chi connectivity index (χ0) is 13.5. The fraction of sp³-hybridized carbons (Fsp3) is 0.438. The molecule has 4 rings (SSSR count). The van der Waals surface area contributed by atoms with Crippen LogP contribution in [-0.2, 0) is 0 Å². The van der Waals surface area contributed by atoms with Crippen LogP contribution in [0.5, 0.6) is 0 Å². The Bertz CT molecular complexity index is 644. The van der Waals surface area contributed by atoms with Gasteiger partial charge in [-0.15, -0.1) is 0 Å². The van der Waals surface area contributed by atoms with Gasteiger partial charge in [-0.25, -0.2) is 4.79 Å². The predicted octanol–water partition coefficient (Wildman–Crippen LogP) is 2.83. The highest BCUT2D eigenvalue weighted by molar-refractivity contribution is 5.84. The molecule has 1 aliphatic carbocycles.